The van der Waals surface area contributed by atoms with Crippen molar-refractivity contribution in [1.29, 1.82) is 0 Å². The van der Waals surface area contributed by atoms with Crippen LogP contribution in [0.3, 0.4) is 0 Å². The Morgan fingerprint density at radius 1 is 1.04 bits per heavy atom. The van der Waals surface area contributed by atoms with Crippen molar-refractivity contribution in [3.63, 3.8) is 0 Å². The molecule has 5 nitrogen and oxygen atoms in total. The highest BCUT2D eigenvalue weighted by molar-refractivity contribution is 6.67. The second-order valence-corrected chi connectivity index (χ2v) is 8.80. The first-order valence-electron chi connectivity index (χ1n) is 8.10. The zero-order valence-corrected chi connectivity index (χ0v) is 15.3. The molecule has 0 heterocycles. The van der Waals surface area contributed by atoms with Gasteiger partial charge in [-0.3, -0.25) is 0 Å². The van der Waals surface area contributed by atoms with Gasteiger partial charge in [0, 0.05) is 33.9 Å². The van der Waals surface area contributed by atoms with E-state index in [0.29, 0.717) is 0 Å². The van der Waals surface area contributed by atoms with Crippen LogP contribution >= 0.6 is 0 Å². The molecule has 0 aromatic heterocycles. The predicted octanol–water partition coefficient (Wildman–Crippen LogP) is 1.54. The molecule has 0 atom stereocenters. The number of aliphatic hydroxyl groups excluding tert-OH is 1. The molecule has 1 aromatic rings. The SMILES string of the molecule is CO[Si](CO)(CCCNCCNCC=Cc1ccccc1)OC. The lowest BCUT2D eigenvalue weighted by atomic mass is 10.2. The van der Waals surface area contributed by atoms with Crippen LogP contribution in [0.2, 0.25) is 6.04 Å². The fourth-order valence-corrected chi connectivity index (χ4v) is 3.93. The van der Waals surface area contributed by atoms with Crippen LogP contribution in [0.25, 0.3) is 6.08 Å². The van der Waals surface area contributed by atoms with Gasteiger partial charge >= 0.3 is 8.56 Å². The van der Waals surface area contributed by atoms with Gasteiger partial charge in [-0.05, 0) is 24.6 Å². The van der Waals surface area contributed by atoms with Gasteiger partial charge in [-0.1, -0.05) is 42.5 Å². The summed E-state index contributed by atoms with van der Waals surface area (Å²) in [7, 11) is 0.890. The summed E-state index contributed by atoms with van der Waals surface area (Å²) >= 11 is 0. The summed E-state index contributed by atoms with van der Waals surface area (Å²) in [4.78, 5) is 0. The van der Waals surface area contributed by atoms with E-state index in [-0.39, 0.29) is 6.23 Å². The Labute approximate surface area is 141 Å². The van der Waals surface area contributed by atoms with Crippen LogP contribution in [-0.4, -0.2) is 60.3 Å². The summed E-state index contributed by atoms with van der Waals surface area (Å²) in [5, 5.41) is 16.1. The maximum atomic E-state index is 9.36. The molecule has 0 aliphatic rings. The molecule has 6 heteroatoms. The molecule has 0 saturated carbocycles. The first-order chi connectivity index (χ1) is 11.3. The molecule has 1 aromatic carbocycles. The molecule has 130 valence electrons. The van der Waals surface area contributed by atoms with Gasteiger partial charge < -0.3 is 24.6 Å². The van der Waals surface area contributed by atoms with Crippen LogP contribution in [0.4, 0.5) is 0 Å². The Kier molecular flexibility index (Phi) is 10.8. The minimum absolute atomic E-state index is 0.00923. The van der Waals surface area contributed by atoms with Crippen molar-refractivity contribution in [2.75, 3.05) is 46.6 Å². The molecule has 3 N–H and O–H groups in total. The first-order valence-corrected chi connectivity index (χ1v) is 10.3. The van der Waals surface area contributed by atoms with Crippen LogP contribution in [0.1, 0.15) is 12.0 Å². The van der Waals surface area contributed by atoms with Crippen LogP contribution in [0, 0.1) is 0 Å². The Morgan fingerprint density at radius 2 is 1.74 bits per heavy atom. The third kappa shape index (κ3) is 8.41. The lowest BCUT2D eigenvalue weighted by Gasteiger charge is -2.24. The minimum Gasteiger partial charge on any atom is -0.396 e. The molecule has 0 fully saturated rings. The average Bonchev–Trinajstić information content (AvgIpc) is 2.61. The second-order valence-electron chi connectivity index (χ2n) is 5.35. The molecule has 0 saturated heterocycles. The summed E-state index contributed by atoms with van der Waals surface area (Å²) in [5.41, 5.74) is 1.22. The smallest absolute Gasteiger partial charge is 0.364 e. The van der Waals surface area contributed by atoms with E-state index in [9.17, 15) is 5.11 Å². The van der Waals surface area contributed by atoms with E-state index in [4.69, 9.17) is 8.85 Å². The van der Waals surface area contributed by atoms with E-state index in [1.165, 1.54) is 5.56 Å². The largest absolute Gasteiger partial charge is 0.396 e. The average molecular weight is 339 g/mol. The Bertz CT molecular complexity index is 417. The van der Waals surface area contributed by atoms with Crippen molar-refractivity contribution in [3.05, 3.63) is 42.0 Å². The van der Waals surface area contributed by atoms with Gasteiger partial charge in [0.25, 0.3) is 0 Å². The number of aliphatic hydroxyl groups is 1. The van der Waals surface area contributed by atoms with Gasteiger partial charge in [0.15, 0.2) is 0 Å². The first kappa shape index (κ1) is 20.0. The molecular formula is C17H30N2O3Si. The molecule has 0 aliphatic heterocycles. The lowest BCUT2D eigenvalue weighted by molar-refractivity contribution is 0.196. The zero-order valence-electron chi connectivity index (χ0n) is 14.3. The van der Waals surface area contributed by atoms with Crippen molar-refractivity contribution in [1.82, 2.24) is 10.6 Å². The maximum Gasteiger partial charge on any atom is 0.364 e. The summed E-state index contributed by atoms with van der Waals surface area (Å²) in [6, 6.07) is 11.1. The molecule has 0 spiro atoms. The number of hydrogen-bond donors (Lipinski definition) is 3. The fourth-order valence-electron chi connectivity index (χ4n) is 2.22. The van der Waals surface area contributed by atoms with Gasteiger partial charge in [0.2, 0.25) is 0 Å². The van der Waals surface area contributed by atoms with Crippen molar-refractivity contribution in [3.8, 4) is 0 Å². The Morgan fingerprint density at radius 3 is 2.39 bits per heavy atom. The van der Waals surface area contributed by atoms with E-state index in [0.717, 1.165) is 38.6 Å². The molecule has 0 radical (unpaired) electrons. The van der Waals surface area contributed by atoms with Gasteiger partial charge in [-0.25, -0.2) is 0 Å². The molecular weight excluding hydrogens is 308 g/mol. The fraction of sp³-hybridized carbons (Fsp3) is 0.529. The van der Waals surface area contributed by atoms with Crippen molar-refractivity contribution in [2.45, 2.75) is 12.5 Å². The van der Waals surface area contributed by atoms with Crippen molar-refractivity contribution < 1.29 is 14.0 Å². The summed E-state index contributed by atoms with van der Waals surface area (Å²) in [6.07, 6.45) is 5.21. The van der Waals surface area contributed by atoms with Crippen molar-refractivity contribution in [2.24, 2.45) is 0 Å². The summed E-state index contributed by atoms with van der Waals surface area (Å²) < 4.78 is 10.7. The molecule has 0 aliphatic carbocycles. The third-order valence-electron chi connectivity index (χ3n) is 3.75. The highest BCUT2D eigenvalue weighted by atomic mass is 28.4. The maximum absolute atomic E-state index is 9.36. The third-order valence-corrected chi connectivity index (χ3v) is 6.83. The molecule has 0 amide bonds. The monoisotopic (exact) mass is 338 g/mol. The highest BCUT2D eigenvalue weighted by Crippen LogP contribution is 2.12. The quantitative estimate of drug-likeness (QED) is 0.376. The van der Waals surface area contributed by atoms with Gasteiger partial charge in [0.05, 0.1) is 6.23 Å². The minimum atomic E-state index is -2.34. The molecule has 0 unspecified atom stereocenters. The van der Waals surface area contributed by atoms with Gasteiger partial charge in [0.1, 0.15) is 0 Å². The van der Waals surface area contributed by atoms with Crippen LogP contribution in [0.15, 0.2) is 36.4 Å². The van der Waals surface area contributed by atoms with Gasteiger partial charge in [-0.15, -0.1) is 0 Å². The van der Waals surface area contributed by atoms with Crippen LogP contribution < -0.4 is 10.6 Å². The lowest BCUT2D eigenvalue weighted by Crippen LogP contribution is -2.45. The van der Waals surface area contributed by atoms with Gasteiger partial charge in [-0.2, -0.15) is 0 Å². The highest BCUT2D eigenvalue weighted by Gasteiger charge is 2.33. The van der Waals surface area contributed by atoms with Crippen molar-refractivity contribution >= 4 is 14.6 Å². The Hall–Kier alpha value is -1.02. The van der Waals surface area contributed by atoms with E-state index in [2.05, 4.69) is 34.9 Å². The van der Waals surface area contributed by atoms with Crippen LogP contribution in [-0.2, 0) is 8.85 Å². The molecule has 0 bridgehead atoms. The summed E-state index contributed by atoms with van der Waals surface area (Å²) in [5.74, 6) is 0. The predicted molar refractivity (Wildman–Crippen MR) is 97.5 cm³/mol. The summed E-state index contributed by atoms with van der Waals surface area (Å²) in [6.45, 7) is 3.62. The van der Waals surface area contributed by atoms with E-state index in [1.54, 1.807) is 14.2 Å². The van der Waals surface area contributed by atoms with E-state index >= 15 is 0 Å². The normalized spacial score (nSPS) is 12.1. The molecule has 23 heavy (non-hydrogen) atoms. The topological polar surface area (TPSA) is 62.8 Å². The number of nitrogens with one attached hydrogen (secondary N) is 2. The zero-order chi connectivity index (χ0) is 16.8. The molecule has 1 rings (SSSR count). The second kappa shape index (κ2) is 12.4. The van der Waals surface area contributed by atoms with Crippen LogP contribution in [0.5, 0.6) is 0 Å². The number of hydrogen-bond acceptors (Lipinski definition) is 5. The van der Waals surface area contributed by atoms with E-state index in [1.807, 2.05) is 18.2 Å². The Balaban J connectivity index is 1.98. The van der Waals surface area contributed by atoms with E-state index < -0.39 is 8.56 Å². The number of rotatable bonds is 13. The standard InChI is InChI=1S/C17H30N2O3Si/c1-21-23(16-20,22-2)15-7-12-19-14-13-18-11-6-10-17-8-4-3-5-9-17/h3-6,8-10,18-20H,7,11-16H2,1-2H3. The number of benzene rings is 1.